The van der Waals surface area contributed by atoms with Crippen LogP contribution in [0.5, 0.6) is 0 Å². The summed E-state index contributed by atoms with van der Waals surface area (Å²) in [5.74, 6) is 0.814. The van der Waals surface area contributed by atoms with Gasteiger partial charge in [-0.05, 0) is 45.0 Å². The fraction of sp³-hybridized carbons (Fsp3) is 0.600. The van der Waals surface area contributed by atoms with E-state index in [0.29, 0.717) is 26.2 Å². The zero-order valence-corrected chi connectivity index (χ0v) is 15.9. The molecule has 0 unspecified atom stereocenters. The molecule has 1 N–H and O–H groups in total. The summed E-state index contributed by atoms with van der Waals surface area (Å²) in [5, 5.41) is 11.1. The van der Waals surface area contributed by atoms with E-state index in [1.807, 2.05) is 35.8 Å². The number of aliphatic hydroxyl groups is 1. The first-order chi connectivity index (χ1) is 13.0. The lowest BCUT2D eigenvalue weighted by Crippen LogP contribution is -2.53. The van der Waals surface area contributed by atoms with Gasteiger partial charge < -0.3 is 24.2 Å². The van der Waals surface area contributed by atoms with Gasteiger partial charge in [0.05, 0.1) is 30.8 Å². The standard InChI is InChI=1S/C20H28N4O3/c1-16-21-17-6-2-3-7-18(17)24(16)12-19(25)23-10-11-27-15-20(26,14-23)13-22-8-4-5-9-22/h2-3,6-7,26H,4-5,8-15H2,1H3/t20-/m0/s1. The summed E-state index contributed by atoms with van der Waals surface area (Å²) in [6.45, 7) is 6.28. The van der Waals surface area contributed by atoms with Crippen LogP contribution < -0.4 is 0 Å². The number of imidazole rings is 1. The van der Waals surface area contributed by atoms with Gasteiger partial charge in [-0.25, -0.2) is 4.98 Å². The van der Waals surface area contributed by atoms with E-state index in [-0.39, 0.29) is 19.1 Å². The molecule has 7 nitrogen and oxygen atoms in total. The highest BCUT2D eigenvalue weighted by atomic mass is 16.5. The smallest absolute Gasteiger partial charge is 0.242 e. The van der Waals surface area contributed by atoms with Crippen molar-refractivity contribution in [1.29, 1.82) is 0 Å². The molecular weight excluding hydrogens is 344 g/mol. The lowest BCUT2D eigenvalue weighted by Gasteiger charge is -2.34. The maximum atomic E-state index is 13.0. The van der Waals surface area contributed by atoms with Crippen LogP contribution in [0.25, 0.3) is 11.0 Å². The van der Waals surface area contributed by atoms with E-state index in [1.165, 1.54) is 12.8 Å². The second-order valence-corrected chi connectivity index (χ2v) is 7.81. The van der Waals surface area contributed by atoms with Crippen molar-refractivity contribution < 1.29 is 14.6 Å². The maximum absolute atomic E-state index is 13.0. The minimum Gasteiger partial charge on any atom is -0.384 e. The number of hydrogen-bond acceptors (Lipinski definition) is 5. The highest BCUT2D eigenvalue weighted by Gasteiger charge is 2.36. The quantitative estimate of drug-likeness (QED) is 0.868. The molecule has 0 aliphatic carbocycles. The molecule has 0 radical (unpaired) electrons. The minimum atomic E-state index is -1.01. The molecule has 2 aromatic rings. The zero-order valence-electron chi connectivity index (χ0n) is 15.9. The van der Waals surface area contributed by atoms with Gasteiger partial charge in [0.25, 0.3) is 0 Å². The van der Waals surface area contributed by atoms with Gasteiger partial charge in [-0.1, -0.05) is 12.1 Å². The van der Waals surface area contributed by atoms with Crippen molar-refractivity contribution in [1.82, 2.24) is 19.4 Å². The second kappa shape index (κ2) is 7.58. The van der Waals surface area contributed by atoms with Crippen LogP contribution in [-0.4, -0.2) is 81.9 Å². The van der Waals surface area contributed by atoms with Gasteiger partial charge in [-0.3, -0.25) is 4.79 Å². The predicted octanol–water partition coefficient (Wildman–Crippen LogP) is 1.03. The highest BCUT2D eigenvalue weighted by Crippen LogP contribution is 2.20. The number of rotatable bonds is 4. The molecule has 1 atom stereocenters. The number of ether oxygens (including phenoxy) is 1. The topological polar surface area (TPSA) is 70.8 Å². The monoisotopic (exact) mass is 372 g/mol. The summed E-state index contributed by atoms with van der Waals surface area (Å²) in [6, 6.07) is 7.85. The van der Waals surface area contributed by atoms with Gasteiger partial charge in [0.1, 0.15) is 18.0 Å². The van der Waals surface area contributed by atoms with E-state index in [1.54, 1.807) is 4.90 Å². The second-order valence-electron chi connectivity index (χ2n) is 7.81. The first-order valence-electron chi connectivity index (χ1n) is 9.76. The van der Waals surface area contributed by atoms with Crippen molar-refractivity contribution in [3.05, 3.63) is 30.1 Å². The van der Waals surface area contributed by atoms with E-state index < -0.39 is 5.60 Å². The first kappa shape index (κ1) is 18.4. The van der Waals surface area contributed by atoms with Crippen molar-refractivity contribution in [2.24, 2.45) is 0 Å². The average molecular weight is 372 g/mol. The van der Waals surface area contributed by atoms with E-state index in [9.17, 15) is 9.90 Å². The Labute approximate surface area is 159 Å². The van der Waals surface area contributed by atoms with Gasteiger partial charge in [0, 0.05) is 13.1 Å². The molecule has 3 heterocycles. The Balaban J connectivity index is 1.49. The Hall–Kier alpha value is -1.96. The number of aryl methyl sites for hydroxylation is 1. The summed E-state index contributed by atoms with van der Waals surface area (Å²) in [5.41, 5.74) is 0.844. The minimum absolute atomic E-state index is 0.00778. The van der Waals surface area contributed by atoms with Gasteiger partial charge in [-0.15, -0.1) is 0 Å². The number of hydrogen-bond donors (Lipinski definition) is 1. The number of carbonyl (C=O) groups is 1. The Morgan fingerprint density at radius 1 is 1.26 bits per heavy atom. The fourth-order valence-electron chi connectivity index (χ4n) is 4.21. The Morgan fingerprint density at radius 3 is 2.85 bits per heavy atom. The molecule has 27 heavy (non-hydrogen) atoms. The Morgan fingerprint density at radius 2 is 2.04 bits per heavy atom. The van der Waals surface area contributed by atoms with Crippen LogP contribution >= 0.6 is 0 Å². The van der Waals surface area contributed by atoms with Crippen molar-refractivity contribution in [2.45, 2.75) is 31.9 Å². The van der Waals surface area contributed by atoms with Gasteiger partial charge in [0.15, 0.2) is 0 Å². The van der Waals surface area contributed by atoms with Gasteiger partial charge >= 0.3 is 0 Å². The largest absolute Gasteiger partial charge is 0.384 e. The number of fused-ring (bicyclic) bond motifs is 1. The third-order valence-corrected chi connectivity index (χ3v) is 5.57. The van der Waals surface area contributed by atoms with Crippen molar-refractivity contribution >= 4 is 16.9 Å². The van der Waals surface area contributed by atoms with Crippen LogP contribution in [0.4, 0.5) is 0 Å². The molecule has 4 rings (SSSR count). The van der Waals surface area contributed by atoms with Gasteiger partial charge in [0.2, 0.25) is 5.91 Å². The number of amides is 1. The molecule has 0 saturated carbocycles. The van der Waals surface area contributed by atoms with E-state index >= 15 is 0 Å². The summed E-state index contributed by atoms with van der Waals surface area (Å²) in [6.07, 6.45) is 2.35. The number of carbonyl (C=O) groups excluding carboxylic acids is 1. The first-order valence-corrected chi connectivity index (χ1v) is 9.76. The molecule has 1 aromatic carbocycles. The molecule has 2 fully saturated rings. The number of likely N-dealkylation sites (tertiary alicyclic amines) is 1. The zero-order chi connectivity index (χ0) is 18.9. The van der Waals surface area contributed by atoms with Crippen LogP contribution in [-0.2, 0) is 16.1 Å². The summed E-state index contributed by atoms with van der Waals surface area (Å²) >= 11 is 0. The average Bonchev–Trinajstić information content (AvgIpc) is 3.20. The van der Waals surface area contributed by atoms with E-state index in [4.69, 9.17) is 4.74 Å². The summed E-state index contributed by atoms with van der Waals surface area (Å²) in [4.78, 5) is 21.6. The molecular formula is C20H28N4O3. The molecule has 1 aromatic heterocycles. The highest BCUT2D eigenvalue weighted by molar-refractivity contribution is 5.81. The molecule has 2 saturated heterocycles. The summed E-state index contributed by atoms with van der Waals surface area (Å²) < 4.78 is 7.59. The van der Waals surface area contributed by atoms with Crippen molar-refractivity contribution in [3.8, 4) is 0 Å². The van der Waals surface area contributed by atoms with Gasteiger partial charge in [-0.2, -0.15) is 0 Å². The molecule has 1 amide bonds. The lowest BCUT2D eigenvalue weighted by molar-refractivity contribution is -0.135. The van der Waals surface area contributed by atoms with E-state index in [0.717, 1.165) is 29.9 Å². The SMILES string of the molecule is Cc1nc2ccccc2n1CC(=O)N1CCOC[C@](O)(CN2CCCC2)C1. The molecule has 0 spiro atoms. The van der Waals surface area contributed by atoms with Crippen LogP contribution in [0.3, 0.4) is 0 Å². The summed E-state index contributed by atoms with van der Waals surface area (Å²) in [7, 11) is 0. The Bertz CT molecular complexity index is 815. The van der Waals surface area contributed by atoms with Crippen molar-refractivity contribution in [2.75, 3.05) is 45.9 Å². The normalized spacial score (nSPS) is 24.4. The number of aromatic nitrogens is 2. The molecule has 0 bridgehead atoms. The maximum Gasteiger partial charge on any atom is 0.242 e. The predicted molar refractivity (Wildman–Crippen MR) is 102 cm³/mol. The van der Waals surface area contributed by atoms with Crippen LogP contribution in [0, 0.1) is 6.92 Å². The molecule has 2 aliphatic rings. The molecule has 2 aliphatic heterocycles. The molecule has 146 valence electrons. The third kappa shape index (κ3) is 4.00. The number of para-hydroxylation sites is 2. The van der Waals surface area contributed by atoms with Crippen LogP contribution in [0.15, 0.2) is 24.3 Å². The van der Waals surface area contributed by atoms with Crippen molar-refractivity contribution in [3.63, 3.8) is 0 Å². The number of β-amino-alcohol motifs (C(OH)–C–C–N with tert-alkyl or cyclic N) is 1. The number of nitrogens with zero attached hydrogens (tertiary/aromatic N) is 4. The number of benzene rings is 1. The lowest BCUT2D eigenvalue weighted by atomic mass is 10.0. The fourth-order valence-corrected chi connectivity index (χ4v) is 4.21. The van der Waals surface area contributed by atoms with E-state index in [2.05, 4.69) is 9.88 Å². The van der Waals surface area contributed by atoms with Crippen LogP contribution in [0.2, 0.25) is 0 Å². The van der Waals surface area contributed by atoms with Crippen LogP contribution in [0.1, 0.15) is 18.7 Å². The third-order valence-electron chi connectivity index (χ3n) is 5.57. The Kier molecular flexibility index (Phi) is 5.16. The molecule has 7 heteroatoms.